The summed E-state index contributed by atoms with van der Waals surface area (Å²) in [4.78, 5) is 18.9. The Bertz CT molecular complexity index is 1030. The van der Waals surface area contributed by atoms with Crippen LogP contribution in [-0.2, 0) is 11.0 Å². The van der Waals surface area contributed by atoms with Crippen LogP contribution in [0.15, 0.2) is 54.6 Å². The zero-order valence-electron chi connectivity index (χ0n) is 14.7. The van der Waals surface area contributed by atoms with Crippen LogP contribution in [0.3, 0.4) is 0 Å². The number of anilines is 3. The number of aliphatic carboxylic acids is 1. The first-order valence-electron chi connectivity index (χ1n) is 8.27. The molecule has 0 bridgehead atoms. The number of nitrogens with zero attached hydrogens (tertiary/aromatic N) is 2. The zero-order chi connectivity index (χ0) is 21.0. The van der Waals surface area contributed by atoms with Gasteiger partial charge in [0, 0.05) is 11.6 Å². The third-order valence-corrected chi connectivity index (χ3v) is 3.77. The van der Waals surface area contributed by atoms with Gasteiger partial charge in [-0.15, -0.1) is 0 Å². The number of hydrogen-bond acceptors (Lipinski definition) is 5. The Kier molecular flexibility index (Phi) is 5.62. The number of nitrogens with one attached hydrogen (secondary N) is 2. The first kappa shape index (κ1) is 20.1. The minimum absolute atomic E-state index is 0.137. The molecule has 0 aliphatic rings. The van der Waals surface area contributed by atoms with Gasteiger partial charge in [0.2, 0.25) is 5.95 Å². The van der Waals surface area contributed by atoms with Gasteiger partial charge < -0.3 is 15.7 Å². The van der Waals surface area contributed by atoms with Gasteiger partial charge in [-0.1, -0.05) is 36.4 Å². The molecule has 2 aromatic carbocycles. The van der Waals surface area contributed by atoms with Crippen molar-refractivity contribution in [2.45, 2.75) is 6.18 Å². The van der Waals surface area contributed by atoms with E-state index in [9.17, 15) is 22.4 Å². The number of aromatic nitrogens is 2. The summed E-state index contributed by atoms with van der Waals surface area (Å²) in [5.41, 5.74) is -1.07. The second-order valence-electron chi connectivity index (χ2n) is 5.86. The normalized spacial score (nSPS) is 11.2. The number of rotatable bonds is 6. The average molecular weight is 406 g/mol. The minimum atomic E-state index is -4.79. The fraction of sp³-hybridized carbons (Fsp3) is 0.105. The van der Waals surface area contributed by atoms with Crippen LogP contribution in [0.25, 0.3) is 11.3 Å². The molecule has 0 unspecified atom stereocenters. The molecule has 3 N–H and O–H groups in total. The van der Waals surface area contributed by atoms with Gasteiger partial charge in [0.15, 0.2) is 0 Å². The van der Waals surface area contributed by atoms with E-state index in [0.717, 1.165) is 18.2 Å². The largest absolute Gasteiger partial charge is 0.480 e. The molecule has 0 fully saturated rings. The quantitative estimate of drug-likeness (QED) is 0.521. The molecule has 0 spiro atoms. The van der Waals surface area contributed by atoms with Crippen LogP contribution in [-0.4, -0.2) is 27.6 Å². The Balaban J connectivity index is 2.05. The lowest BCUT2D eigenvalue weighted by Gasteiger charge is -2.16. The summed E-state index contributed by atoms with van der Waals surface area (Å²) in [5.74, 6) is -2.56. The van der Waals surface area contributed by atoms with Gasteiger partial charge in [-0.2, -0.15) is 18.2 Å². The van der Waals surface area contributed by atoms with E-state index in [1.807, 2.05) is 0 Å². The van der Waals surface area contributed by atoms with Crippen LogP contribution < -0.4 is 10.6 Å². The molecule has 0 amide bonds. The molecule has 3 aromatic rings. The first-order valence-corrected chi connectivity index (χ1v) is 8.27. The van der Waals surface area contributed by atoms with E-state index in [-0.39, 0.29) is 11.8 Å². The number of halogens is 4. The molecule has 0 aliphatic carbocycles. The van der Waals surface area contributed by atoms with E-state index >= 15 is 0 Å². The smallest absolute Gasteiger partial charge is 0.418 e. The number of carboxylic acids is 1. The lowest BCUT2D eigenvalue weighted by atomic mass is 10.1. The van der Waals surface area contributed by atoms with E-state index in [1.165, 1.54) is 6.07 Å². The molecule has 0 saturated heterocycles. The van der Waals surface area contributed by atoms with Crippen LogP contribution in [0.2, 0.25) is 0 Å². The fourth-order valence-corrected chi connectivity index (χ4v) is 2.52. The molecule has 0 radical (unpaired) electrons. The summed E-state index contributed by atoms with van der Waals surface area (Å²) in [6, 6.07) is 12.6. The molecule has 3 rings (SSSR count). The van der Waals surface area contributed by atoms with Gasteiger partial charge in [-0.05, 0) is 12.1 Å². The lowest BCUT2D eigenvalue weighted by molar-refractivity contribution is -0.137. The van der Waals surface area contributed by atoms with Crippen LogP contribution >= 0.6 is 0 Å². The Labute approximate surface area is 162 Å². The monoisotopic (exact) mass is 406 g/mol. The van der Waals surface area contributed by atoms with E-state index in [4.69, 9.17) is 5.11 Å². The molecule has 0 aliphatic heterocycles. The van der Waals surface area contributed by atoms with Gasteiger partial charge in [-0.25, -0.2) is 9.37 Å². The highest BCUT2D eigenvalue weighted by Crippen LogP contribution is 2.37. The number of carbonyl (C=O) groups is 1. The minimum Gasteiger partial charge on any atom is -0.480 e. The van der Waals surface area contributed by atoms with Crippen LogP contribution in [0, 0.1) is 5.82 Å². The highest BCUT2D eigenvalue weighted by molar-refractivity contribution is 5.73. The van der Waals surface area contributed by atoms with Crippen molar-refractivity contribution in [2.75, 3.05) is 17.2 Å². The van der Waals surface area contributed by atoms with Crippen molar-refractivity contribution < 1.29 is 27.5 Å². The maximum absolute atomic E-state index is 14.1. The van der Waals surface area contributed by atoms with Gasteiger partial charge in [0.25, 0.3) is 0 Å². The molecule has 6 nitrogen and oxygen atoms in total. The summed E-state index contributed by atoms with van der Waals surface area (Å²) in [6.07, 6.45) is -4.79. The molecule has 1 heterocycles. The summed E-state index contributed by atoms with van der Waals surface area (Å²) in [6.45, 7) is -0.509. The van der Waals surface area contributed by atoms with Crippen molar-refractivity contribution in [3.63, 3.8) is 0 Å². The predicted octanol–water partition coefficient (Wildman–Crippen LogP) is 4.54. The van der Waals surface area contributed by atoms with E-state index in [0.29, 0.717) is 11.3 Å². The Morgan fingerprint density at radius 1 is 1.03 bits per heavy atom. The molecule has 0 atom stereocenters. The van der Waals surface area contributed by atoms with E-state index in [1.54, 1.807) is 30.3 Å². The van der Waals surface area contributed by atoms with Crippen molar-refractivity contribution in [3.8, 4) is 11.3 Å². The topological polar surface area (TPSA) is 87.1 Å². The average Bonchev–Trinajstić information content (AvgIpc) is 2.67. The predicted molar refractivity (Wildman–Crippen MR) is 98.3 cm³/mol. The van der Waals surface area contributed by atoms with Crippen molar-refractivity contribution in [3.05, 3.63) is 66.0 Å². The summed E-state index contributed by atoms with van der Waals surface area (Å²) in [7, 11) is 0. The van der Waals surface area contributed by atoms with Crippen molar-refractivity contribution >= 4 is 23.4 Å². The molecule has 1 aromatic heterocycles. The molecule has 150 valence electrons. The van der Waals surface area contributed by atoms with Crippen molar-refractivity contribution in [1.29, 1.82) is 0 Å². The number of alkyl halides is 3. The number of carboxylic acid groups (broad SMARTS) is 1. The van der Waals surface area contributed by atoms with Crippen LogP contribution in [0.1, 0.15) is 5.56 Å². The van der Waals surface area contributed by atoms with E-state index in [2.05, 4.69) is 20.6 Å². The first-order chi connectivity index (χ1) is 13.7. The maximum Gasteiger partial charge on any atom is 0.418 e. The van der Waals surface area contributed by atoms with Crippen LogP contribution in [0.4, 0.5) is 35.0 Å². The number of benzene rings is 2. The van der Waals surface area contributed by atoms with Crippen LogP contribution in [0.5, 0.6) is 0 Å². The molecular weight excluding hydrogens is 392 g/mol. The maximum atomic E-state index is 14.1. The number of hydrogen-bond donors (Lipinski definition) is 3. The highest BCUT2D eigenvalue weighted by Gasteiger charge is 2.35. The number of para-hydroxylation sites is 1. The highest BCUT2D eigenvalue weighted by atomic mass is 19.4. The molecule has 10 heteroatoms. The zero-order valence-corrected chi connectivity index (χ0v) is 14.7. The van der Waals surface area contributed by atoms with Gasteiger partial charge in [0.1, 0.15) is 18.2 Å². The molecule has 0 saturated carbocycles. The summed E-state index contributed by atoms with van der Waals surface area (Å²) < 4.78 is 53.9. The Morgan fingerprint density at radius 3 is 2.41 bits per heavy atom. The summed E-state index contributed by atoms with van der Waals surface area (Å²) in [5, 5.41) is 13.6. The van der Waals surface area contributed by atoms with Gasteiger partial charge in [0.05, 0.1) is 16.9 Å². The third kappa shape index (κ3) is 4.98. The Hall–Kier alpha value is -3.69. The second kappa shape index (κ2) is 8.13. The fourth-order valence-electron chi connectivity index (χ4n) is 2.52. The van der Waals surface area contributed by atoms with Crippen molar-refractivity contribution in [2.24, 2.45) is 0 Å². The summed E-state index contributed by atoms with van der Waals surface area (Å²) >= 11 is 0. The van der Waals surface area contributed by atoms with E-state index < -0.39 is 35.8 Å². The van der Waals surface area contributed by atoms with Crippen molar-refractivity contribution in [1.82, 2.24) is 9.97 Å². The molecular formula is C19H14F4N4O2. The Morgan fingerprint density at radius 2 is 1.76 bits per heavy atom. The third-order valence-electron chi connectivity index (χ3n) is 3.77. The van der Waals surface area contributed by atoms with Gasteiger partial charge >= 0.3 is 12.1 Å². The van der Waals surface area contributed by atoms with Gasteiger partial charge in [-0.3, -0.25) is 4.79 Å². The second-order valence-corrected chi connectivity index (χ2v) is 5.86. The SMILES string of the molecule is O=C(O)CNc1nc(Nc2c(F)cccc2C(F)(F)F)cc(-c2ccccc2)n1. The molecule has 29 heavy (non-hydrogen) atoms. The standard InChI is InChI=1S/C19H14F4N4O2/c20-13-8-4-7-12(19(21,22)23)17(13)26-15-9-14(11-5-2-1-3-6-11)25-18(27-15)24-10-16(28)29/h1-9H,10H2,(H,28,29)(H2,24,25,26,27). The lowest BCUT2D eigenvalue weighted by Crippen LogP contribution is -2.15.